The van der Waals surface area contributed by atoms with E-state index in [2.05, 4.69) is 20.9 Å². The summed E-state index contributed by atoms with van der Waals surface area (Å²) in [6.45, 7) is 0. The molecule has 5 nitrogen and oxygen atoms in total. The fraction of sp³-hybridized carbons (Fsp3) is 0.0625. The zero-order valence-electron chi connectivity index (χ0n) is 11.6. The Morgan fingerprint density at radius 3 is 2.82 bits per heavy atom. The molecular weight excluding hydrogens is 348 g/mol. The van der Waals surface area contributed by atoms with E-state index in [1.54, 1.807) is 36.4 Å². The van der Waals surface area contributed by atoms with Crippen molar-refractivity contribution in [2.45, 2.75) is 0 Å². The number of nitrogens with zero attached hydrogens (tertiary/aromatic N) is 2. The molecule has 0 aliphatic rings. The first-order chi connectivity index (χ1) is 10.6. The van der Waals surface area contributed by atoms with E-state index in [4.69, 9.17) is 4.74 Å². The van der Waals surface area contributed by atoms with Crippen molar-refractivity contribution in [1.82, 2.24) is 9.55 Å². The predicted octanol–water partition coefficient (Wildman–Crippen LogP) is 2.93. The van der Waals surface area contributed by atoms with Crippen LogP contribution in [0, 0.1) is 0 Å². The zero-order valence-corrected chi connectivity index (χ0v) is 13.2. The van der Waals surface area contributed by atoms with Crippen molar-refractivity contribution < 1.29 is 9.53 Å². The molecule has 0 aliphatic heterocycles. The van der Waals surface area contributed by atoms with E-state index in [9.17, 15) is 9.59 Å². The minimum atomic E-state index is -0.452. The van der Waals surface area contributed by atoms with Gasteiger partial charge in [0, 0.05) is 4.47 Å². The van der Waals surface area contributed by atoms with Crippen molar-refractivity contribution >= 4 is 32.8 Å². The third kappa shape index (κ3) is 2.53. The van der Waals surface area contributed by atoms with Crippen LogP contribution < -0.4 is 5.56 Å². The van der Waals surface area contributed by atoms with E-state index in [1.165, 1.54) is 18.0 Å². The van der Waals surface area contributed by atoms with Gasteiger partial charge in [0.2, 0.25) is 0 Å². The Balaban J connectivity index is 2.20. The second kappa shape index (κ2) is 5.73. The normalized spacial score (nSPS) is 10.6. The maximum Gasteiger partial charge on any atom is 0.337 e. The van der Waals surface area contributed by atoms with Gasteiger partial charge in [-0.2, -0.15) is 0 Å². The lowest BCUT2D eigenvalue weighted by Gasteiger charge is -2.08. The summed E-state index contributed by atoms with van der Waals surface area (Å²) in [5.41, 5.74) is 1.35. The summed E-state index contributed by atoms with van der Waals surface area (Å²) in [4.78, 5) is 28.5. The highest BCUT2D eigenvalue weighted by Gasteiger charge is 2.10. The van der Waals surface area contributed by atoms with Crippen LogP contribution >= 0.6 is 15.9 Å². The molecule has 0 atom stereocenters. The summed E-state index contributed by atoms with van der Waals surface area (Å²) in [7, 11) is 1.32. The van der Waals surface area contributed by atoms with Gasteiger partial charge in [-0.05, 0) is 36.4 Å². The number of hydrogen-bond donors (Lipinski definition) is 0. The van der Waals surface area contributed by atoms with Crippen LogP contribution in [-0.2, 0) is 4.74 Å². The number of fused-ring (bicyclic) bond motifs is 1. The number of rotatable bonds is 2. The van der Waals surface area contributed by atoms with Gasteiger partial charge in [0.25, 0.3) is 5.56 Å². The molecule has 1 aromatic heterocycles. The van der Waals surface area contributed by atoms with Gasteiger partial charge in [0.05, 0.1) is 29.3 Å². The Morgan fingerprint density at radius 1 is 1.23 bits per heavy atom. The average Bonchev–Trinajstić information content (AvgIpc) is 2.55. The van der Waals surface area contributed by atoms with Crippen LogP contribution in [-0.4, -0.2) is 22.6 Å². The van der Waals surface area contributed by atoms with E-state index < -0.39 is 5.97 Å². The first-order valence-corrected chi connectivity index (χ1v) is 7.25. The summed E-state index contributed by atoms with van der Waals surface area (Å²) in [5, 5.41) is 0.500. The number of esters is 1. The Kier molecular flexibility index (Phi) is 3.77. The largest absolute Gasteiger partial charge is 0.465 e. The standard InChI is InChI=1S/C16H11BrN2O3/c1-22-16(21)10-3-2-4-12(7-10)19-9-18-14-6-5-11(17)8-13(14)15(19)20/h2-9H,1H3. The highest BCUT2D eigenvalue weighted by Crippen LogP contribution is 2.16. The molecular formula is C16H11BrN2O3. The number of methoxy groups -OCH3 is 1. The Hall–Kier alpha value is -2.47. The van der Waals surface area contributed by atoms with Crippen LogP contribution in [0.15, 0.2) is 58.1 Å². The van der Waals surface area contributed by atoms with Crippen LogP contribution in [0.2, 0.25) is 0 Å². The van der Waals surface area contributed by atoms with Crippen LogP contribution in [0.25, 0.3) is 16.6 Å². The quantitative estimate of drug-likeness (QED) is 0.660. The van der Waals surface area contributed by atoms with Gasteiger partial charge in [-0.1, -0.05) is 22.0 Å². The molecule has 2 aromatic carbocycles. The molecule has 3 aromatic rings. The zero-order chi connectivity index (χ0) is 15.7. The van der Waals surface area contributed by atoms with Crippen molar-refractivity contribution in [2.24, 2.45) is 0 Å². The average molecular weight is 359 g/mol. The molecule has 0 saturated carbocycles. The predicted molar refractivity (Wildman–Crippen MR) is 86.4 cm³/mol. The summed E-state index contributed by atoms with van der Waals surface area (Å²) in [5.74, 6) is -0.452. The molecule has 0 unspecified atom stereocenters. The van der Waals surface area contributed by atoms with Crippen molar-refractivity contribution in [1.29, 1.82) is 0 Å². The van der Waals surface area contributed by atoms with E-state index >= 15 is 0 Å². The number of halogens is 1. The van der Waals surface area contributed by atoms with Crippen LogP contribution in [0.1, 0.15) is 10.4 Å². The second-order valence-corrected chi connectivity index (χ2v) is 5.54. The number of ether oxygens (including phenoxy) is 1. The minimum Gasteiger partial charge on any atom is -0.465 e. The van der Waals surface area contributed by atoms with Crippen molar-refractivity contribution in [3.05, 3.63) is 69.2 Å². The summed E-state index contributed by atoms with van der Waals surface area (Å²) < 4.78 is 6.90. The van der Waals surface area contributed by atoms with Crippen molar-refractivity contribution in [2.75, 3.05) is 7.11 Å². The Bertz CT molecular complexity index is 934. The number of aromatic nitrogens is 2. The summed E-state index contributed by atoms with van der Waals surface area (Å²) in [6.07, 6.45) is 1.45. The van der Waals surface area contributed by atoms with Gasteiger partial charge in [-0.25, -0.2) is 9.78 Å². The SMILES string of the molecule is COC(=O)c1cccc(-n2cnc3ccc(Br)cc3c2=O)c1. The second-order valence-electron chi connectivity index (χ2n) is 4.62. The molecule has 6 heteroatoms. The molecule has 0 aliphatic carbocycles. The molecule has 0 saturated heterocycles. The number of carbonyl (C=O) groups is 1. The van der Waals surface area contributed by atoms with Crippen LogP contribution in [0.3, 0.4) is 0 Å². The molecule has 0 N–H and O–H groups in total. The summed E-state index contributed by atoms with van der Waals surface area (Å²) in [6, 6.07) is 12.0. The maximum absolute atomic E-state index is 12.6. The van der Waals surface area contributed by atoms with E-state index in [0.717, 1.165) is 4.47 Å². The lowest BCUT2D eigenvalue weighted by Crippen LogP contribution is -2.19. The van der Waals surface area contributed by atoms with Crippen molar-refractivity contribution in [3.8, 4) is 5.69 Å². The molecule has 0 spiro atoms. The molecule has 0 radical (unpaired) electrons. The third-order valence-electron chi connectivity index (χ3n) is 3.27. The first kappa shape index (κ1) is 14.5. The van der Waals surface area contributed by atoms with Gasteiger partial charge < -0.3 is 4.74 Å². The molecule has 3 rings (SSSR count). The minimum absolute atomic E-state index is 0.201. The van der Waals surface area contributed by atoms with E-state index in [0.29, 0.717) is 22.2 Å². The van der Waals surface area contributed by atoms with E-state index in [-0.39, 0.29) is 5.56 Å². The highest BCUT2D eigenvalue weighted by molar-refractivity contribution is 9.10. The highest BCUT2D eigenvalue weighted by atomic mass is 79.9. The lowest BCUT2D eigenvalue weighted by atomic mass is 10.2. The molecule has 22 heavy (non-hydrogen) atoms. The fourth-order valence-corrected chi connectivity index (χ4v) is 2.54. The summed E-state index contributed by atoms with van der Waals surface area (Å²) >= 11 is 3.35. The smallest absolute Gasteiger partial charge is 0.337 e. The third-order valence-corrected chi connectivity index (χ3v) is 3.76. The fourth-order valence-electron chi connectivity index (χ4n) is 2.18. The molecule has 0 fully saturated rings. The number of carbonyl (C=O) groups excluding carboxylic acids is 1. The van der Waals surface area contributed by atoms with Gasteiger partial charge >= 0.3 is 5.97 Å². The molecule has 1 heterocycles. The van der Waals surface area contributed by atoms with Gasteiger partial charge in [-0.3, -0.25) is 9.36 Å². The Morgan fingerprint density at radius 2 is 2.05 bits per heavy atom. The first-order valence-electron chi connectivity index (χ1n) is 6.46. The van der Waals surface area contributed by atoms with Gasteiger partial charge in [0.15, 0.2) is 0 Å². The lowest BCUT2D eigenvalue weighted by molar-refractivity contribution is 0.0600. The molecule has 0 amide bonds. The monoisotopic (exact) mass is 358 g/mol. The topological polar surface area (TPSA) is 61.2 Å². The number of benzene rings is 2. The van der Waals surface area contributed by atoms with Gasteiger partial charge in [-0.15, -0.1) is 0 Å². The number of hydrogen-bond acceptors (Lipinski definition) is 4. The van der Waals surface area contributed by atoms with Crippen LogP contribution in [0.5, 0.6) is 0 Å². The van der Waals surface area contributed by atoms with E-state index in [1.807, 2.05) is 6.07 Å². The van der Waals surface area contributed by atoms with Crippen LogP contribution in [0.4, 0.5) is 0 Å². The molecule has 0 bridgehead atoms. The Labute approximate surface area is 134 Å². The maximum atomic E-state index is 12.6. The molecule has 110 valence electrons. The van der Waals surface area contributed by atoms with Crippen molar-refractivity contribution in [3.63, 3.8) is 0 Å². The van der Waals surface area contributed by atoms with Gasteiger partial charge in [0.1, 0.15) is 6.33 Å².